The zero-order valence-electron chi connectivity index (χ0n) is 21.8. The van der Waals surface area contributed by atoms with E-state index in [1.165, 1.54) is 0 Å². The molecule has 0 N–H and O–H groups in total. The molecule has 2 aliphatic rings. The van der Waals surface area contributed by atoms with Crippen LogP contribution in [0.25, 0.3) is 11.3 Å². The van der Waals surface area contributed by atoms with Crippen molar-refractivity contribution in [1.29, 1.82) is 0 Å². The van der Waals surface area contributed by atoms with Gasteiger partial charge >= 0.3 is 0 Å². The molecule has 9 heteroatoms. The molecule has 1 aromatic heterocycles. The lowest BCUT2D eigenvalue weighted by Gasteiger charge is -2.27. The molecule has 1 aliphatic carbocycles. The number of anilines is 1. The highest BCUT2D eigenvalue weighted by Crippen LogP contribution is 2.32. The first-order chi connectivity index (χ1) is 17.4. The van der Waals surface area contributed by atoms with E-state index in [9.17, 15) is 9.59 Å². The van der Waals surface area contributed by atoms with Crippen LogP contribution in [-0.2, 0) is 9.59 Å². The van der Waals surface area contributed by atoms with E-state index in [2.05, 4.69) is 15.1 Å². The van der Waals surface area contributed by atoms with E-state index in [4.69, 9.17) is 9.47 Å². The topological polar surface area (TPSA) is 88.1 Å². The molecule has 0 radical (unpaired) electrons. The Hall–Kier alpha value is -3.36. The zero-order valence-corrected chi connectivity index (χ0v) is 21.8. The van der Waals surface area contributed by atoms with Crippen LogP contribution in [-0.4, -0.2) is 84.8 Å². The molecule has 9 nitrogen and oxygen atoms in total. The number of carbonyl (C=O) groups excluding carboxylic acids is 2. The fraction of sp³-hybridized carbons (Fsp3) is 0.556. The van der Waals surface area contributed by atoms with E-state index in [1.807, 2.05) is 54.0 Å². The van der Waals surface area contributed by atoms with Crippen molar-refractivity contribution in [2.75, 3.05) is 51.8 Å². The van der Waals surface area contributed by atoms with Gasteiger partial charge in [-0.05, 0) is 55.5 Å². The molecule has 0 unspecified atom stereocenters. The maximum absolute atomic E-state index is 13.1. The van der Waals surface area contributed by atoms with Crippen LogP contribution < -0.4 is 14.4 Å². The van der Waals surface area contributed by atoms with Crippen molar-refractivity contribution < 1.29 is 19.1 Å². The molecule has 1 aromatic carbocycles. The van der Waals surface area contributed by atoms with Gasteiger partial charge in [-0.25, -0.2) is 0 Å². The lowest BCUT2D eigenvalue weighted by molar-refractivity contribution is -0.141. The second-order valence-corrected chi connectivity index (χ2v) is 9.92. The average Bonchev–Trinajstić information content (AvgIpc) is 3.73. The van der Waals surface area contributed by atoms with Crippen LogP contribution in [0.15, 0.2) is 30.3 Å². The Kier molecular flexibility index (Phi) is 8.28. The number of hydrogen-bond donors (Lipinski definition) is 0. The number of benzene rings is 1. The third-order valence-corrected chi connectivity index (χ3v) is 6.70. The summed E-state index contributed by atoms with van der Waals surface area (Å²) in [4.78, 5) is 31.6. The van der Waals surface area contributed by atoms with Crippen molar-refractivity contribution in [3.05, 3.63) is 30.3 Å². The fourth-order valence-corrected chi connectivity index (χ4v) is 4.56. The smallest absolute Gasteiger partial charge is 0.242 e. The zero-order chi connectivity index (χ0) is 25.7. The first-order valence-corrected chi connectivity index (χ1v) is 12.8. The first kappa shape index (κ1) is 25.7. The summed E-state index contributed by atoms with van der Waals surface area (Å²) in [5.74, 6) is 2.53. The molecule has 2 fully saturated rings. The predicted molar refractivity (Wildman–Crippen MR) is 138 cm³/mol. The Morgan fingerprint density at radius 1 is 1.00 bits per heavy atom. The second kappa shape index (κ2) is 11.6. The summed E-state index contributed by atoms with van der Waals surface area (Å²) in [5, 5.41) is 8.90. The van der Waals surface area contributed by atoms with Crippen molar-refractivity contribution in [2.45, 2.75) is 45.6 Å². The highest BCUT2D eigenvalue weighted by Gasteiger charge is 2.35. The lowest BCUT2D eigenvalue weighted by Crippen LogP contribution is -2.45. The van der Waals surface area contributed by atoms with Gasteiger partial charge in [-0.1, -0.05) is 13.8 Å². The summed E-state index contributed by atoms with van der Waals surface area (Å²) >= 11 is 0. The van der Waals surface area contributed by atoms with E-state index in [0.29, 0.717) is 43.5 Å². The molecule has 1 saturated carbocycles. The van der Waals surface area contributed by atoms with Crippen molar-refractivity contribution in [2.24, 2.45) is 5.92 Å². The van der Waals surface area contributed by atoms with Gasteiger partial charge in [-0.15, -0.1) is 10.2 Å². The van der Waals surface area contributed by atoms with Crippen LogP contribution in [0.3, 0.4) is 0 Å². The number of methoxy groups -OCH3 is 2. The van der Waals surface area contributed by atoms with Crippen molar-refractivity contribution in [3.8, 4) is 22.8 Å². The summed E-state index contributed by atoms with van der Waals surface area (Å²) in [6, 6.07) is 9.82. The first-order valence-electron chi connectivity index (χ1n) is 12.8. The summed E-state index contributed by atoms with van der Waals surface area (Å²) < 4.78 is 10.7. The van der Waals surface area contributed by atoms with Gasteiger partial charge in [-0.3, -0.25) is 9.59 Å². The number of rotatable bonds is 9. The van der Waals surface area contributed by atoms with Crippen LogP contribution in [0.5, 0.6) is 11.5 Å². The summed E-state index contributed by atoms with van der Waals surface area (Å²) in [7, 11) is 3.22. The van der Waals surface area contributed by atoms with Crippen LogP contribution in [0.1, 0.15) is 39.5 Å². The Morgan fingerprint density at radius 3 is 2.42 bits per heavy atom. The van der Waals surface area contributed by atoms with Crippen molar-refractivity contribution in [1.82, 2.24) is 20.0 Å². The van der Waals surface area contributed by atoms with E-state index < -0.39 is 0 Å². The molecular formula is C27H37N5O4. The fourth-order valence-electron chi connectivity index (χ4n) is 4.56. The number of hydrogen-bond acceptors (Lipinski definition) is 7. The van der Waals surface area contributed by atoms with Gasteiger partial charge in [-0.2, -0.15) is 0 Å². The largest absolute Gasteiger partial charge is 0.493 e. The predicted octanol–water partition coefficient (Wildman–Crippen LogP) is 3.24. The standard InChI is InChI=1S/C27H37N5O4/c1-19(2)16-26(33)32(21-7-8-21)18-27(34)31-13-5-12-30(14-15-31)25-11-9-22(28-29-25)20-6-10-23(35-3)24(17-20)36-4/h6,9-11,17,19,21H,5,7-8,12-16,18H2,1-4H3. The molecule has 2 aromatic rings. The monoisotopic (exact) mass is 495 g/mol. The number of nitrogens with zero attached hydrogens (tertiary/aromatic N) is 5. The van der Waals surface area contributed by atoms with Crippen LogP contribution in [0.4, 0.5) is 5.82 Å². The van der Waals surface area contributed by atoms with Gasteiger partial charge in [0.05, 0.1) is 19.9 Å². The molecular weight excluding hydrogens is 458 g/mol. The van der Waals surface area contributed by atoms with E-state index >= 15 is 0 Å². The maximum atomic E-state index is 13.1. The Bertz CT molecular complexity index is 1050. The molecule has 36 heavy (non-hydrogen) atoms. The summed E-state index contributed by atoms with van der Waals surface area (Å²) in [6.07, 6.45) is 3.34. The lowest BCUT2D eigenvalue weighted by atomic mass is 10.1. The minimum Gasteiger partial charge on any atom is -0.493 e. The number of carbonyl (C=O) groups is 2. The van der Waals surface area contributed by atoms with Gasteiger partial charge in [0.1, 0.15) is 6.54 Å². The Morgan fingerprint density at radius 2 is 1.78 bits per heavy atom. The van der Waals surface area contributed by atoms with Crippen LogP contribution in [0, 0.1) is 5.92 Å². The minimum absolute atomic E-state index is 0.0377. The molecule has 2 amide bonds. The molecule has 0 bridgehead atoms. The van der Waals surface area contributed by atoms with Gasteiger partial charge in [0, 0.05) is 44.2 Å². The minimum atomic E-state index is 0.0377. The van der Waals surface area contributed by atoms with Gasteiger partial charge in [0.15, 0.2) is 17.3 Å². The SMILES string of the molecule is COc1ccc(-c2ccc(N3CCCN(C(=O)CN(C(=O)CC(C)C)C4CC4)CC3)nn2)cc1OC. The maximum Gasteiger partial charge on any atom is 0.242 e. The van der Waals surface area contributed by atoms with Crippen LogP contribution >= 0.6 is 0 Å². The number of aromatic nitrogens is 2. The Balaban J connectivity index is 1.36. The molecule has 0 spiro atoms. The van der Waals surface area contributed by atoms with Gasteiger partial charge < -0.3 is 24.2 Å². The molecule has 4 rings (SSSR count). The average molecular weight is 496 g/mol. The van der Waals surface area contributed by atoms with Crippen LogP contribution in [0.2, 0.25) is 0 Å². The quantitative estimate of drug-likeness (QED) is 0.528. The van der Waals surface area contributed by atoms with Gasteiger partial charge in [0.2, 0.25) is 11.8 Å². The highest BCUT2D eigenvalue weighted by molar-refractivity contribution is 5.85. The van der Waals surface area contributed by atoms with E-state index in [0.717, 1.165) is 42.9 Å². The number of ether oxygens (including phenoxy) is 2. The molecule has 1 saturated heterocycles. The molecule has 0 atom stereocenters. The third-order valence-electron chi connectivity index (χ3n) is 6.70. The third kappa shape index (κ3) is 6.25. The Labute approximate surface area is 213 Å². The van der Waals surface area contributed by atoms with E-state index in [1.54, 1.807) is 14.2 Å². The second-order valence-electron chi connectivity index (χ2n) is 9.92. The normalized spacial score (nSPS) is 16.0. The van der Waals surface area contributed by atoms with E-state index in [-0.39, 0.29) is 24.4 Å². The highest BCUT2D eigenvalue weighted by atomic mass is 16.5. The summed E-state index contributed by atoms with van der Waals surface area (Å²) in [5.41, 5.74) is 1.64. The molecule has 194 valence electrons. The molecule has 1 aliphatic heterocycles. The molecule has 2 heterocycles. The summed E-state index contributed by atoms with van der Waals surface area (Å²) in [6.45, 7) is 7.04. The van der Waals surface area contributed by atoms with Crippen molar-refractivity contribution in [3.63, 3.8) is 0 Å². The number of amides is 2. The van der Waals surface area contributed by atoms with Crippen molar-refractivity contribution >= 4 is 17.6 Å². The van der Waals surface area contributed by atoms with Gasteiger partial charge in [0.25, 0.3) is 0 Å².